The second-order valence-electron chi connectivity index (χ2n) is 3.43. The van der Waals surface area contributed by atoms with E-state index >= 15 is 0 Å². The first-order valence-electron chi connectivity index (χ1n) is 4.80. The Morgan fingerprint density at radius 2 is 2.43 bits per heavy atom. The summed E-state index contributed by atoms with van der Waals surface area (Å²) in [5.74, 6) is 0. The summed E-state index contributed by atoms with van der Waals surface area (Å²) in [4.78, 5) is 0. The van der Waals surface area contributed by atoms with Gasteiger partial charge in [0.2, 0.25) is 0 Å². The van der Waals surface area contributed by atoms with Gasteiger partial charge in [0, 0.05) is 6.54 Å². The average Bonchev–Trinajstić information content (AvgIpc) is 2.50. The molecule has 1 aromatic rings. The van der Waals surface area contributed by atoms with Crippen LogP contribution in [0.1, 0.15) is 25.3 Å². The minimum atomic E-state index is -0.174. The van der Waals surface area contributed by atoms with Gasteiger partial charge in [-0.1, -0.05) is 0 Å². The highest BCUT2D eigenvalue weighted by atomic mass is 79.9. The van der Waals surface area contributed by atoms with E-state index in [-0.39, 0.29) is 6.10 Å². The van der Waals surface area contributed by atoms with Crippen LogP contribution in [0.3, 0.4) is 0 Å². The highest BCUT2D eigenvalue weighted by Gasteiger charge is 1.97. The third-order valence-electron chi connectivity index (χ3n) is 1.93. The maximum Gasteiger partial charge on any atom is 0.0701 e. The average molecular weight is 278 g/mol. The third-order valence-corrected chi connectivity index (χ3v) is 3.48. The lowest BCUT2D eigenvalue weighted by Crippen LogP contribution is -2.15. The molecule has 1 aromatic heterocycles. The number of aliphatic hydroxyl groups excluding tert-OH is 1. The molecule has 14 heavy (non-hydrogen) atoms. The van der Waals surface area contributed by atoms with Crippen LogP contribution in [-0.4, -0.2) is 17.8 Å². The van der Waals surface area contributed by atoms with E-state index in [2.05, 4.69) is 32.7 Å². The largest absolute Gasteiger partial charge is 0.393 e. The van der Waals surface area contributed by atoms with Crippen molar-refractivity contribution in [2.45, 2.75) is 32.4 Å². The fourth-order valence-corrected chi connectivity index (χ4v) is 2.40. The molecule has 1 unspecified atom stereocenters. The molecule has 0 aromatic carbocycles. The lowest BCUT2D eigenvalue weighted by Gasteiger charge is -2.04. The van der Waals surface area contributed by atoms with Crippen molar-refractivity contribution in [3.05, 3.63) is 20.8 Å². The Morgan fingerprint density at radius 1 is 1.64 bits per heavy atom. The first kappa shape index (κ1) is 12.2. The van der Waals surface area contributed by atoms with E-state index in [1.54, 1.807) is 11.3 Å². The van der Waals surface area contributed by atoms with Gasteiger partial charge in [0.15, 0.2) is 0 Å². The van der Waals surface area contributed by atoms with Crippen LogP contribution < -0.4 is 5.32 Å². The second kappa shape index (κ2) is 6.56. The molecule has 0 aliphatic carbocycles. The number of rotatable bonds is 6. The zero-order valence-corrected chi connectivity index (χ0v) is 10.7. The van der Waals surface area contributed by atoms with E-state index in [0.29, 0.717) is 0 Å². The first-order chi connectivity index (χ1) is 6.68. The Balaban J connectivity index is 2.04. The smallest absolute Gasteiger partial charge is 0.0701 e. The molecule has 0 bridgehead atoms. The lowest BCUT2D eigenvalue weighted by atomic mass is 10.2. The molecule has 0 fully saturated rings. The molecule has 0 radical (unpaired) electrons. The van der Waals surface area contributed by atoms with Crippen molar-refractivity contribution in [2.24, 2.45) is 0 Å². The van der Waals surface area contributed by atoms with Crippen molar-refractivity contribution in [1.29, 1.82) is 0 Å². The van der Waals surface area contributed by atoms with Crippen LogP contribution in [0, 0.1) is 0 Å². The van der Waals surface area contributed by atoms with Gasteiger partial charge < -0.3 is 10.4 Å². The standard InChI is InChI=1S/C10H16BrNOS/c1-8(13)3-2-4-12-6-9-5-10(11)14-7-9/h5,7-8,12-13H,2-4,6H2,1H3. The molecule has 0 amide bonds. The van der Waals surface area contributed by atoms with Crippen molar-refractivity contribution in [3.63, 3.8) is 0 Å². The van der Waals surface area contributed by atoms with Gasteiger partial charge >= 0.3 is 0 Å². The van der Waals surface area contributed by atoms with Crippen LogP contribution in [0.4, 0.5) is 0 Å². The third kappa shape index (κ3) is 5.10. The van der Waals surface area contributed by atoms with E-state index in [4.69, 9.17) is 5.11 Å². The molecule has 0 saturated carbocycles. The van der Waals surface area contributed by atoms with Crippen LogP contribution in [0.5, 0.6) is 0 Å². The van der Waals surface area contributed by atoms with Gasteiger partial charge in [-0.15, -0.1) is 11.3 Å². The number of aliphatic hydroxyl groups is 1. The fraction of sp³-hybridized carbons (Fsp3) is 0.600. The van der Waals surface area contributed by atoms with E-state index < -0.39 is 0 Å². The Bertz CT molecular complexity index is 262. The number of hydrogen-bond donors (Lipinski definition) is 2. The van der Waals surface area contributed by atoms with Crippen molar-refractivity contribution < 1.29 is 5.11 Å². The summed E-state index contributed by atoms with van der Waals surface area (Å²) in [7, 11) is 0. The van der Waals surface area contributed by atoms with Gasteiger partial charge in [-0.3, -0.25) is 0 Å². The van der Waals surface area contributed by atoms with Gasteiger partial charge in [-0.25, -0.2) is 0 Å². The Morgan fingerprint density at radius 3 is 3.00 bits per heavy atom. The van der Waals surface area contributed by atoms with E-state index in [9.17, 15) is 0 Å². The van der Waals surface area contributed by atoms with Gasteiger partial charge in [0.25, 0.3) is 0 Å². The van der Waals surface area contributed by atoms with Crippen LogP contribution in [0.2, 0.25) is 0 Å². The van der Waals surface area contributed by atoms with Gasteiger partial charge in [-0.2, -0.15) is 0 Å². The molecule has 1 heterocycles. The van der Waals surface area contributed by atoms with E-state index in [0.717, 1.165) is 25.9 Å². The van der Waals surface area contributed by atoms with Gasteiger partial charge in [0.1, 0.15) is 0 Å². The molecule has 2 N–H and O–H groups in total. The maximum absolute atomic E-state index is 9.04. The molecule has 0 aliphatic heterocycles. The number of halogens is 1. The second-order valence-corrected chi connectivity index (χ2v) is 5.72. The van der Waals surface area contributed by atoms with Crippen molar-refractivity contribution >= 4 is 27.3 Å². The summed E-state index contributed by atoms with van der Waals surface area (Å²) in [6, 6.07) is 2.13. The Kier molecular flexibility index (Phi) is 5.70. The summed E-state index contributed by atoms with van der Waals surface area (Å²) in [5.41, 5.74) is 1.32. The molecule has 1 rings (SSSR count). The topological polar surface area (TPSA) is 32.3 Å². The predicted octanol–water partition coefficient (Wildman–Crippen LogP) is 2.76. The summed E-state index contributed by atoms with van der Waals surface area (Å²) >= 11 is 5.14. The first-order valence-corrected chi connectivity index (χ1v) is 6.47. The Hall–Kier alpha value is 0.100. The normalized spacial score (nSPS) is 13.1. The maximum atomic E-state index is 9.04. The summed E-state index contributed by atoms with van der Waals surface area (Å²) in [5, 5.41) is 14.5. The molecule has 2 nitrogen and oxygen atoms in total. The van der Waals surface area contributed by atoms with Crippen LogP contribution in [0.15, 0.2) is 15.2 Å². The number of hydrogen-bond acceptors (Lipinski definition) is 3. The van der Waals surface area contributed by atoms with E-state index in [1.807, 2.05) is 6.92 Å². The zero-order valence-electron chi connectivity index (χ0n) is 8.29. The minimum absolute atomic E-state index is 0.174. The van der Waals surface area contributed by atoms with Crippen molar-refractivity contribution in [2.75, 3.05) is 6.54 Å². The summed E-state index contributed by atoms with van der Waals surface area (Å²) in [6.07, 6.45) is 1.73. The number of thiophene rings is 1. The Labute approximate surface area is 97.5 Å². The monoisotopic (exact) mass is 277 g/mol. The quantitative estimate of drug-likeness (QED) is 0.784. The highest BCUT2D eigenvalue weighted by molar-refractivity contribution is 9.11. The highest BCUT2D eigenvalue weighted by Crippen LogP contribution is 2.20. The van der Waals surface area contributed by atoms with Crippen LogP contribution >= 0.6 is 27.3 Å². The van der Waals surface area contributed by atoms with Crippen LogP contribution in [0.25, 0.3) is 0 Å². The molecular weight excluding hydrogens is 262 g/mol. The molecule has 1 atom stereocenters. The molecular formula is C10H16BrNOS. The number of nitrogens with one attached hydrogen (secondary N) is 1. The summed E-state index contributed by atoms with van der Waals surface area (Å²) in [6.45, 7) is 3.72. The molecule has 4 heteroatoms. The van der Waals surface area contributed by atoms with Crippen LogP contribution in [-0.2, 0) is 6.54 Å². The van der Waals surface area contributed by atoms with Gasteiger partial charge in [0.05, 0.1) is 9.89 Å². The van der Waals surface area contributed by atoms with Crippen molar-refractivity contribution in [3.8, 4) is 0 Å². The molecule has 0 saturated heterocycles. The minimum Gasteiger partial charge on any atom is -0.393 e. The SMILES string of the molecule is CC(O)CCCNCc1csc(Br)c1. The van der Waals surface area contributed by atoms with Crippen molar-refractivity contribution in [1.82, 2.24) is 5.32 Å². The van der Waals surface area contributed by atoms with E-state index in [1.165, 1.54) is 9.35 Å². The fourth-order valence-electron chi connectivity index (χ4n) is 1.19. The zero-order chi connectivity index (χ0) is 10.4. The molecule has 0 aliphatic rings. The predicted molar refractivity (Wildman–Crippen MR) is 64.6 cm³/mol. The molecule has 0 spiro atoms. The summed E-state index contributed by atoms with van der Waals surface area (Å²) < 4.78 is 1.18. The van der Waals surface area contributed by atoms with Gasteiger partial charge in [-0.05, 0) is 59.2 Å². The molecule has 80 valence electrons. The lowest BCUT2D eigenvalue weighted by molar-refractivity contribution is 0.181.